The Morgan fingerprint density at radius 2 is 1.40 bits per heavy atom. The zero-order valence-corrected chi connectivity index (χ0v) is 24.5. The van der Waals surface area contributed by atoms with Gasteiger partial charge in [0, 0.05) is 26.2 Å². The Balaban J connectivity index is 2.30. The molecule has 1 aromatic carbocycles. The molecule has 4 amide bonds. The number of carbonyl (C=O) groups excluding carboxylic acids is 5. The molecule has 1 heterocycles. The fourth-order valence-electron chi connectivity index (χ4n) is 3.98. The molecular weight excluding hydrogens is 518 g/mol. The lowest BCUT2D eigenvalue weighted by Crippen LogP contribution is -2.48. The van der Waals surface area contributed by atoms with Gasteiger partial charge in [0.25, 0.3) is 0 Å². The van der Waals surface area contributed by atoms with Gasteiger partial charge in [-0.15, -0.1) is 0 Å². The molecule has 0 spiro atoms. The van der Waals surface area contributed by atoms with E-state index >= 15 is 0 Å². The topological polar surface area (TPSA) is 123 Å². The van der Waals surface area contributed by atoms with Crippen LogP contribution in [0.3, 0.4) is 0 Å². The van der Waals surface area contributed by atoms with Crippen LogP contribution in [0.25, 0.3) is 0 Å². The molecule has 1 aromatic rings. The van der Waals surface area contributed by atoms with Crippen molar-refractivity contribution >= 4 is 30.5 Å². The Bertz CT molecular complexity index is 1020. The van der Waals surface area contributed by atoms with Crippen LogP contribution in [0.5, 0.6) is 0 Å². The van der Waals surface area contributed by atoms with Crippen LogP contribution in [0.15, 0.2) is 30.3 Å². The minimum atomic E-state index is -1.15. The molecule has 0 aromatic heterocycles. The van der Waals surface area contributed by atoms with Crippen LogP contribution in [-0.4, -0.2) is 88.6 Å². The number of hydrogen-bond donors (Lipinski definition) is 0. The summed E-state index contributed by atoms with van der Waals surface area (Å²) < 4.78 is 16.4. The lowest BCUT2D eigenvalue weighted by molar-refractivity contribution is -0.133. The molecule has 0 radical (unpaired) electrons. The molecule has 0 bridgehead atoms. The maximum Gasteiger partial charge on any atom is 0.417 e. The summed E-state index contributed by atoms with van der Waals surface area (Å²) in [6.07, 6.45) is -0.803. The second-order valence-corrected chi connectivity index (χ2v) is 11.7. The number of amides is 4. The number of ether oxygens (including phenoxy) is 3. The zero-order valence-electron chi connectivity index (χ0n) is 24.5. The van der Waals surface area contributed by atoms with Crippen molar-refractivity contribution in [1.82, 2.24) is 14.7 Å². The highest BCUT2D eigenvalue weighted by molar-refractivity contribution is 5.94. The first-order valence-electron chi connectivity index (χ1n) is 13.6. The molecule has 0 aliphatic carbocycles. The molecule has 1 saturated heterocycles. The predicted octanol–water partition coefficient (Wildman–Crippen LogP) is 4.77. The summed E-state index contributed by atoms with van der Waals surface area (Å²) in [5.41, 5.74) is -0.796. The second-order valence-electron chi connectivity index (χ2n) is 11.7. The van der Waals surface area contributed by atoms with E-state index in [0.29, 0.717) is 25.7 Å². The molecule has 222 valence electrons. The van der Waals surface area contributed by atoms with Gasteiger partial charge in [-0.1, -0.05) is 30.3 Å². The van der Waals surface area contributed by atoms with Gasteiger partial charge < -0.3 is 23.9 Å². The maximum atomic E-state index is 13.3. The Kier molecular flexibility index (Phi) is 11.9. The summed E-state index contributed by atoms with van der Waals surface area (Å²) in [4.78, 5) is 68.1. The highest BCUT2D eigenvalue weighted by Gasteiger charge is 2.33. The first kappa shape index (κ1) is 32.6. The maximum absolute atomic E-state index is 13.3. The third-order valence-corrected chi connectivity index (χ3v) is 5.83. The Morgan fingerprint density at radius 1 is 0.825 bits per heavy atom. The number of nitrogens with zero attached hydrogens (tertiary/aromatic N) is 3. The molecule has 1 fully saturated rings. The summed E-state index contributed by atoms with van der Waals surface area (Å²) in [5.74, 6) is -0.671. The van der Waals surface area contributed by atoms with Crippen molar-refractivity contribution in [3.8, 4) is 0 Å². The van der Waals surface area contributed by atoms with E-state index in [4.69, 9.17) is 14.2 Å². The summed E-state index contributed by atoms with van der Waals surface area (Å²) in [7, 11) is 0. The lowest BCUT2D eigenvalue weighted by atomic mass is 10.1. The van der Waals surface area contributed by atoms with Crippen molar-refractivity contribution in [2.75, 3.05) is 26.2 Å². The van der Waals surface area contributed by atoms with Gasteiger partial charge in [-0.25, -0.2) is 19.3 Å². The molecular formula is C29H43N3O8. The van der Waals surface area contributed by atoms with Crippen molar-refractivity contribution in [2.45, 2.75) is 91.1 Å². The van der Waals surface area contributed by atoms with Crippen LogP contribution in [0.1, 0.15) is 72.8 Å². The van der Waals surface area contributed by atoms with Crippen LogP contribution in [0, 0.1) is 0 Å². The molecule has 1 aliphatic heterocycles. The number of rotatable bonds is 3. The van der Waals surface area contributed by atoms with E-state index in [1.165, 1.54) is 9.80 Å². The Labute approximate surface area is 236 Å². The summed E-state index contributed by atoms with van der Waals surface area (Å²) in [6.45, 7) is 11.0. The van der Waals surface area contributed by atoms with E-state index in [2.05, 4.69) is 0 Å². The SMILES string of the molecule is CC(C)(C)OC(=O)N1CCCCN(C(=O)OCc2ccccc2)[C@H](C=O)CC(=O)N(C(=O)OC(C)(C)C)CCC1. The van der Waals surface area contributed by atoms with Gasteiger partial charge in [0.15, 0.2) is 0 Å². The number of benzene rings is 1. The van der Waals surface area contributed by atoms with Crippen molar-refractivity contribution in [3.05, 3.63) is 35.9 Å². The molecule has 1 atom stereocenters. The van der Waals surface area contributed by atoms with Gasteiger partial charge >= 0.3 is 18.3 Å². The smallest absolute Gasteiger partial charge is 0.417 e. The highest BCUT2D eigenvalue weighted by atomic mass is 16.6. The molecule has 0 saturated carbocycles. The zero-order chi connectivity index (χ0) is 29.9. The van der Waals surface area contributed by atoms with Crippen molar-refractivity contribution in [1.29, 1.82) is 0 Å². The normalized spacial score (nSPS) is 18.1. The Hall–Kier alpha value is -3.63. The minimum absolute atomic E-state index is 0.00779. The van der Waals surface area contributed by atoms with E-state index in [0.717, 1.165) is 10.5 Å². The second kappa shape index (κ2) is 14.7. The van der Waals surface area contributed by atoms with E-state index in [1.54, 1.807) is 53.7 Å². The molecule has 40 heavy (non-hydrogen) atoms. The number of hydrogen-bond acceptors (Lipinski definition) is 8. The monoisotopic (exact) mass is 561 g/mol. The van der Waals surface area contributed by atoms with Crippen molar-refractivity contribution < 1.29 is 38.2 Å². The van der Waals surface area contributed by atoms with Gasteiger partial charge in [-0.05, 0) is 66.4 Å². The average Bonchev–Trinajstić information content (AvgIpc) is 2.86. The number of carbonyl (C=O) groups is 5. The average molecular weight is 562 g/mol. The van der Waals surface area contributed by atoms with E-state index < -0.39 is 47.9 Å². The van der Waals surface area contributed by atoms with Crippen molar-refractivity contribution in [2.24, 2.45) is 0 Å². The van der Waals surface area contributed by atoms with E-state index in [1.807, 2.05) is 18.2 Å². The third-order valence-electron chi connectivity index (χ3n) is 5.83. The first-order chi connectivity index (χ1) is 18.7. The van der Waals surface area contributed by atoms with Gasteiger partial charge in [0.2, 0.25) is 5.91 Å². The summed E-state index contributed by atoms with van der Waals surface area (Å²) >= 11 is 0. The standard InChI is InChI=1S/C29H43N3O8/c1-28(2,3)39-25(35)30-15-10-11-17-31(26(36)38-21-22-13-8-7-9-14-22)23(20-33)19-24(34)32(18-12-16-30)27(37)40-29(4,5)6/h7-9,13-14,20,23H,10-12,15-19,21H2,1-6H3/t23-/m0/s1. The largest absolute Gasteiger partial charge is 0.445 e. The molecule has 0 N–H and O–H groups in total. The van der Waals surface area contributed by atoms with Gasteiger partial charge in [-0.2, -0.15) is 0 Å². The van der Waals surface area contributed by atoms with E-state index in [-0.39, 0.29) is 32.7 Å². The molecule has 2 rings (SSSR count). The number of imide groups is 1. The summed E-state index contributed by atoms with van der Waals surface area (Å²) in [6, 6.07) is 7.93. The van der Waals surface area contributed by atoms with Crippen LogP contribution >= 0.6 is 0 Å². The van der Waals surface area contributed by atoms with E-state index in [9.17, 15) is 24.0 Å². The fourth-order valence-corrected chi connectivity index (χ4v) is 3.98. The fraction of sp³-hybridized carbons (Fsp3) is 0.621. The number of aldehydes is 1. The molecule has 1 aliphatic rings. The van der Waals surface area contributed by atoms with Gasteiger partial charge in [-0.3, -0.25) is 9.69 Å². The first-order valence-corrected chi connectivity index (χ1v) is 13.6. The molecule has 11 nitrogen and oxygen atoms in total. The third kappa shape index (κ3) is 11.2. The minimum Gasteiger partial charge on any atom is -0.445 e. The molecule has 0 unspecified atom stereocenters. The lowest BCUT2D eigenvalue weighted by Gasteiger charge is -2.30. The van der Waals surface area contributed by atoms with Crippen LogP contribution in [0.2, 0.25) is 0 Å². The van der Waals surface area contributed by atoms with Gasteiger partial charge in [0.1, 0.15) is 24.1 Å². The predicted molar refractivity (Wildman–Crippen MR) is 147 cm³/mol. The quantitative estimate of drug-likeness (QED) is 0.382. The van der Waals surface area contributed by atoms with Crippen molar-refractivity contribution in [3.63, 3.8) is 0 Å². The van der Waals surface area contributed by atoms with Crippen LogP contribution in [-0.2, 0) is 30.4 Å². The Morgan fingerprint density at radius 3 is 2.00 bits per heavy atom. The molecule has 11 heteroatoms. The van der Waals surface area contributed by atoms with Crippen LogP contribution < -0.4 is 0 Å². The van der Waals surface area contributed by atoms with Gasteiger partial charge in [0.05, 0.1) is 12.5 Å². The van der Waals surface area contributed by atoms with Crippen LogP contribution in [0.4, 0.5) is 14.4 Å². The summed E-state index contributed by atoms with van der Waals surface area (Å²) in [5, 5.41) is 0. The highest BCUT2D eigenvalue weighted by Crippen LogP contribution is 2.17.